The van der Waals surface area contributed by atoms with Gasteiger partial charge in [-0.25, -0.2) is 4.79 Å². The molecule has 0 radical (unpaired) electrons. The minimum atomic E-state index is -1.22. The van der Waals surface area contributed by atoms with Gasteiger partial charge in [-0.2, -0.15) is 0 Å². The average Bonchev–Trinajstić information content (AvgIpc) is 2.84. The van der Waals surface area contributed by atoms with Crippen molar-refractivity contribution in [3.05, 3.63) is 100 Å². The number of esters is 1. The number of nitrogens with zero attached hydrogens (tertiary/aromatic N) is 1. The third kappa shape index (κ3) is 4.54. The van der Waals surface area contributed by atoms with Gasteiger partial charge in [-0.1, -0.05) is 48.0 Å². The molecule has 1 heterocycles. The smallest absolute Gasteiger partial charge is 0.338 e. The van der Waals surface area contributed by atoms with Gasteiger partial charge >= 0.3 is 5.97 Å². The van der Waals surface area contributed by atoms with E-state index in [1.54, 1.807) is 62.4 Å². The van der Waals surface area contributed by atoms with Crippen molar-refractivity contribution in [2.45, 2.75) is 32.4 Å². The zero-order chi connectivity index (χ0) is 24.3. The predicted octanol–water partition coefficient (Wildman–Crippen LogP) is 4.79. The Balaban J connectivity index is 1.71. The van der Waals surface area contributed by atoms with Crippen molar-refractivity contribution in [3.8, 4) is 0 Å². The first kappa shape index (κ1) is 23.5. The van der Waals surface area contributed by atoms with Crippen LogP contribution in [0.5, 0.6) is 0 Å². The second-order valence-corrected chi connectivity index (χ2v) is 8.76. The Kier molecular flexibility index (Phi) is 6.70. The summed E-state index contributed by atoms with van der Waals surface area (Å²) in [5.41, 5.74) is 1.77. The molecular formula is C27H25ClN2O4. The number of halogens is 1. The summed E-state index contributed by atoms with van der Waals surface area (Å²) in [5.74, 6) is -1.08. The van der Waals surface area contributed by atoms with Gasteiger partial charge in [-0.3, -0.25) is 14.5 Å². The molecular weight excluding hydrogens is 452 g/mol. The largest absolute Gasteiger partial charge is 0.462 e. The van der Waals surface area contributed by atoms with E-state index in [9.17, 15) is 14.4 Å². The van der Waals surface area contributed by atoms with Crippen LogP contribution in [0, 0.1) is 0 Å². The van der Waals surface area contributed by atoms with E-state index in [-0.39, 0.29) is 25.0 Å². The highest BCUT2D eigenvalue weighted by molar-refractivity contribution is 6.30. The van der Waals surface area contributed by atoms with Crippen LogP contribution < -0.4 is 10.2 Å². The van der Waals surface area contributed by atoms with Crippen LogP contribution in [0.15, 0.2) is 72.8 Å². The maximum atomic E-state index is 13.7. The molecule has 0 fully saturated rings. The molecule has 0 unspecified atom stereocenters. The Bertz CT molecular complexity index is 1240. The molecule has 34 heavy (non-hydrogen) atoms. The van der Waals surface area contributed by atoms with Gasteiger partial charge in [-0.05, 0) is 61.4 Å². The molecule has 1 aliphatic heterocycles. The van der Waals surface area contributed by atoms with Crippen molar-refractivity contribution in [2.75, 3.05) is 11.5 Å². The van der Waals surface area contributed by atoms with E-state index in [1.807, 2.05) is 24.3 Å². The maximum Gasteiger partial charge on any atom is 0.338 e. The first-order chi connectivity index (χ1) is 16.3. The van der Waals surface area contributed by atoms with Crippen molar-refractivity contribution < 1.29 is 19.1 Å². The van der Waals surface area contributed by atoms with Gasteiger partial charge in [-0.15, -0.1) is 0 Å². The van der Waals surface area contributed by atoms with Crippen LogP contribution in [0.3, 0.4) is 0 Å². The topological polar surface area (TPSA) is 75.7 Å². The van der Waals surface area contributed by atoms with Crippen LogP contribution in [0.2, 0.25) is 5.02 Å². The minimum Gasteiger partial charge on any atom is -0.462 e. The average molecular weight is 477 g/mol. The number of hydrogen-bond acceptors (Lipinski definition) is 4. The van der Waals surface area contributed by atoms with E-state index in [4.69, 9.17) is 16.3 Å². The standard InChI is InChI=1S/C27H25ClN2O4/c1-3-34-25(32)19-8-6-9-22(15-19)30-24(31)23-10-5-4-7-20(23)16-27(30,2)26(33)29-17-18-11-13-21(28)14-12-18/h4-15H,3,16-17H2,1-2H3,(H,29,33)/t27-/m1/s1. The first-order valence-corrected chi connectivity index (χ1v) is 11.4. The lowest BCUT2D eigenvalue weighted by Gasteiger charge is -2.44. The van der Waals surface area contributed by atoms with E-state index in [2.05, 4.69) is 5.32 Å². The van der Waals surface area contributed by atoms with Crippen LogP contribution in [0.25, 0.3) is 0 Å². The summed E-state index contributed by atoms with van der Waals surface area (Å²) in [6.07, 6.45) is 0.324. The molecule has 0 aliphatic carbocycles. The van der Waals surface area contributed by atoms with Crippen molar-refractivity contribution in [1.29, 1.82) is 0 Å². The van der Waals surface area contributed by atoms with Gasteiger partial charge in [0.2, 0.25) is 5.91 Å². The predicted molar refractivity (Wildman–Crippen MR) is 131 cm³/mol. The van der Waals surface area contributed by atoms with Crippen molar-refractivity contribution in [1.82, 2.24) is 5.32 Å². The highest BCUT2D eigenvalue weighted by atomic mass is 35.5. The normalized spacial score (nSPS) is 17.1. The molecule has 4 rings (SSSR count). The lowest BCUT2D eigenvalue weighted by molar-refractivity contribution is -0.126. The SMILES string of the molecule is CCOC(=O)c1cccc(N2C(=O)c3ccccc3C[C@]2(C)C(=O)NCc2ccc(Cl)cc2)c1. The van der Waals surface area contributed by atoms with E-state index in [0.29, 0.717) is 28.3 Å². The quantitative estimate of drug-likeness (QED) is 0.519. The van der Waals surface area contributed by atoms with E-state index >= 15 is 0 Å². The van der Waals surface area contributed by atoms with Gasteiger partial charge in [0, 0.05) is 29.2 Å². The fourth-order valence-corrected chi connectivity index (χ4v) is 4.35. The number of ether oxygens (including phenoxy) is 1. The Morgan fingerprint density at radius 1 is 1.06 bits per heavy atom. The summed E-state index contributed by atoms with van der Waals surface area (Å²) in [4.78, 5) is 41.1. The summed E-state index contributed by atoms with van der Waals surface area (Å²) < 4.78 is 5.12. The zero-order valence-electron chi connectivity index (χ0n) is 19.0. The van der Waals surface area contributed by atoms with Crippen molar-refractivity contribution in [2.24, 2.45) is 0 Å². The second kappa shape index (κ2) is 9.69. The Morgan fingerprint density at radius 2 is 1.79 bits per heavy atom. The molecule has 0 aromatic heterocycles. The second-order valence-electron chi connectivity index (χ2n) is 8.33. The molecule has 1 N–H and O–H groups in total. The maximum absolute atomic E-state index is 13.7. The van der Waals surface area contributed by atoms with Crippen LogP contribution >= 0.6 is 11.6 Å². The van der Waals surface area contributed by atoms with Crippen molar-refractivity contribution >= 4 is 35.1 Å². The van der Waals surface area contributed by atoms with Crippen LogP contribution in [-0.2, 0) is 22.5 Å². The van der Waals surface area contributed by atoms with Crippen molar-refractivity contribution in [3.63, 3.8) is 0 Å². The molecule has 6 nitrogen and oxygen atoms in total. The van der Waals surface area contributed by atoms with Crippen LogP contribution in [0.1, 0.15) is 45.7 Å². The summed E-state index contributed by atoms with van der Waals surface area (Å²) in [6.45, 7) is 4.01. The highest BCUT2D eigenvalue weighted by Gasteiger charge is 2.47. The number of rotatable bonds is 6. The molecule has 0 spiro atoms. The lowest BCUT2D eigenvalue weighted by Crippen LogP contribution is -2.63. The fraction of sp³-hybridized carbons (Fsp3) is 0.222. The van der Waals surface area contributed by atoms with E-state index in [0.717, 1.165) is 11.1 Å². The number of carbonyl (C=O) groups is 3. The molecule has 0 saturated heterocycles. The number of nitrogens with one attached hydrogen (secondary N) is 1. The van der Waals surface area contributed by atoms with Crippen LogP contribution in [0.4, 0.5) is 5.69 Å². The molecule has 1 aliphatic rings. The molecule has 2 amide bonds. The van der Waals surface area contributed by atoms with Gasteiger partial charge in [0.1, 0.15) is 5.54 Å². The summed E-state index contributed by atoms with van der Waals surface area (Å²) >= 11 is 5.96. The number of benzene rings is 3. The number of anilines is 1. The molecule has 3 aromatic rings. The minimum absolute atomic E-state index is 0.240. The highest BCUT2D eigenvalue weighted by Crippen LogP contribution is 2.36. The van der Waals surface area contributed by atoms with E-state index in [1.165, 1.54) is 4.90 Å². The molecule has 3 aromatic carbocycles. The first-order valence-electron chi connectivity index (χ1n) is 11.1. The van der Waals surface area contributed by atoms with Crippen LogP contribution in [-0.4, -0.2) is 29.9 Å². The summed E-state index contributed by atoms with van der Waals surface area (Å²) in [6, 6.07) is 21.1. The zero-order valence-corrected chi connectivity index (χ0v) is 19.8. The third-order valence-corrected chi connectivity index (χ3v) is 6.20. The monoisotopic (exact) mass is 476 g/mol. The van der Waals surface area contributed by atoms with Gasteiger partial charge in [0.25, 0.3) is 5.91 Å². The molecule has 7 heteroatoms. The number of hydrogen-bond donors (Lipinski definition) is 1. The fourth-order valence-electron chi connectivity index (χ4n) is 4.22. The Morgan fingerprint density at radius 3 is 2.53 bits per heavy atom. The lowest BCUT2D eigenvalue weighted by atomic mass is 9.82. The van der Waals surface area contributed by atoms with Gasteiger partial charge in [0.15, 0.2) is 0 Å². The molecule has 1 atom stereocenters. The van der Waals surface area contributed by atoms with Gasteiger partial charge in [0.05, 0.1) is 12.2 Å². The van der Waals surface area contributed by atoms with E-state index < -0.39 is 11.5 Å². The number of fused-ring (bicyclic) bond motifs is 1. The summed E-state index contributed by atoms with van der Waals surface area (Å²) in [7, 11) is 0. The molecule has 0 bridgehead atoms. The number of amides is 2. The van der Waals surface area contributed by atoms with Gasteiger partial charge < -0.3 is 10.1 Å². The molecule has 0 saturated carbocycles. The number of carbonyl (C=O) groups excluding carboxylic acids is 3. The Labute approximate surface area is 203 Å². The summed E-state index contributed by atoms with van der Waals surface area (Å²) in [5, 5.41) is 3.58. The third-order valence-electron chi connectivity index (χ3n) is 5.95. The molecule has 174 valence electrons. The Hall–Kier alpha value is -3.64.